The van der Waals surface area contributed by atoms with Crippen molar-refractivity contribution in [3.63, 3.8) is 0 Å². The van der Waals surface area contributed by atoms with Gasteiger partial charge in [-0.25, -0.2) is 5.10 Å². The Labute approximate surface area is 125 Å². The Kier molecular flexibility index (Phi) is 3.67. The highest BCUT2D eigenvalue weighted by Gasteiger charge is 2.10. The van der Waals surface area contributed by atoms with Gasteiger partial charge in [-0.05, 0) is 27.1 Å². The van der Waals surface area contributed by atoms with E-state index in [-0.39, 0.29) is 0 Å². The van der Waals surface area contributed by atoms with Crippen molar-refractivity contribution < 1.29 is 0 Å². The molecule has 0 unspecified atom stereocenters. The van der Waals surface area contributed by atoms with Gasteiger partial charge in [0.2, 0.25) is 0 Å². The average Bonchev–Trinajstić information content (AvgIpc) is 3.01. The molecule has 3 aromatic rings. The highest BCUT2D eigenvalue weighted by atomic mass is 35.5. The predicted molar refractivity (Wildman–Crippen MR) is 79.5 cm³/mol. The summed E-state index contributed by atoms with van der Waals surface area (Å²) in [5, 5.41) is 14.0. The Morgan fingerprint density at radius 1 is 0.900 bits per heavy atom. The van der Waals surface area contributed by atoms with Crippen LogP contribution in [0.15, 0.2) is 48.5 Å². The molecule has 0 aliphatic heterocycles. The van der Waals surface area contributed by atoms with Crippen LogP contribution in [0.4, 0.5) is 0 Å². The Balaban J connectivity index is 2.06. The van der Waals surface area contributed by atoms with Gasteiger partial charge in [-0.1, -0.05) is 48.5 Å². The molecule has 3 rings (SSSR count). The van der Waals surface area contributed by atoms with E-state index in [1.165, 1.54) is 0 Å². The highest BCUT2D eigenvalue weighted by molar-refractivity contribution is 6.44. The summed E-state index contributed by atoms with van der Waals surface area (Å²) in [4.78, 5) is -0.516. The third kappa shape index (κ3) is 2.53. The fraction of sp³-hybridized carbons (Fsp3) is 0.0714. The number of alkyl halides is 2. The van der Waals surface area contributed by atoms with E-state index in [1.807, 2.05) is 48.5 Å². The second kappa shape index (κ2) is 5.61. The maximum absolute atomic E-state index is 5.85. The van der Waals surface area contributed by atoms with Crippen molar-refractivity contribution >= 4 is 23.2 Å². The number of aromatic nitrogens is 4. The minimum Gasteiger partial charge on any atom is -0.239 e. The van der Waals surface area contributed by atoms with Crippen molar-refractivity contribution in [1.82, 2.24) is 20.6 Å². The van der Waals surface area contributed by atoms with Gasteiger partial charge in [-0.15, -0.1) is 28.3 Å². The SMILES string of the molecule is ClC(Cl)c1ccc(-c2ccccc2-c2nnn[nH]2)cc1. The van der Waals surface area contributed by atoms with Crippen LogP contribution in [0.5, 0.6) is 0 Å². The number of halogens is 2. The Bertz CT molecular complexity index is 693. The van der Waals surface area contributed by atoms with Crippen LogP contribution in [0.3, 0.4) is 0 Å². The molecule has 1 N–H and O–H groups in total. The summed E-state index contributed by atoms with van der Waals surface area (Å²) in [6.07, 6.45) is 0. The van der Waals surface area contributed by atoms with Crippen molar-refractivity contribution in [2.24, 2.45) is 0 Å². The number of H-pyrrole nitrogens is 1. The van der Waals surface area contributed by atoms with E-state index in [0.717, 1.165) is 22.3 Å². The maximum atomic E-state index is 5.85. The molecule has 2 aromatic carbocycles. The van der Waals surface area contributed by atoms with Crippen molar-refractivity contribution in [3.05, 3.63) is 54.1 Å². The van der Waals surface area contributed by atoms with Gasteiger partial charge in [0, 0.05) is 5.56 Å². The minimum atomic E-state index is -0.516. The van der Waals surface area contributed by atoms with Gasteiger partial charge >= 0.3 is 0 Å². The standard InChI is InChI=1S/C14H10Cl2N4/c15-13(16)10-7-5-9(6-8-10)11-3-1-2-4-12(11)14-17-19-20-18-14/h1-8,13H,(H,17,18,19,20). The summed E-state index contributed by atoms with van der Waals surface area (Å²) in [5.41, 5.74) is 3.91. The first kappa shape index (κ1) is 13.1. The molecule has 100 valence electrons. The Morgan fingerprint density at radius 3 is 2.20 bits per heavy atom. The normalized spacial score (nSPS) is 10.9. The van der Waals surface area contributed by atoms with Crippen LogP contribution in [0.25, 0.3) is 22.5 Å². The van der Waals surface area contributed by atoms with Gasteiger partial charge < -0.3 is 0 Å². The molecule has 0 aliphatic rings. The molecule has 20 heavy (non-hydrogen) atoms. The Morgan fingerprint density at radius 2 is 1.60 bits per heavy atom. The molecule has 0 fully saturated rings. The summed E-state index contributed by atoms with van der Waals surface area (Å²) in [6, 6.07) is 15.7. The largest absolute Gasteiger partial charge is 0.239 e. The summed E-state index contributed by atoms with van der Waals surface area (Å²) < 4.78 is 0. The zero-order chi connectivity index (χ0) is 13.9. The van der Waals surface area contributed by atoms with Gasteiger partial charge in [0.05, 0.1) is 0 Å². The van der Waals surface area contributed by atoms with Crippen LogP contribution in [0.1, 0.15) is 10.4 Å². The summed E-state index contributed by atoms with van der Waals surface area (Å²) in [7, 11) is 0. The molecule has 0 saturated heterocycles. The molecule has 1 heterocycles. The first-order chi connectivity index (χ1) is 9.75. The molecular weight excluding hydrogens is 295 g/mol. The maximum Gasteiger partial charge on any atom is 0.180 e. The van der Waals surface area contributed by atoms with Crippen LogP contribution in [0, 0.1) is 0 Å². The van der Waals surface area contributed by atoms with Crippen molar-refractivity contribution in [3.8, 4) is 22.5 Å². The zero-order valence-corrected chi connectivity index (χ0v) is 11.8. The molecule has 0 saturated carbocycles. The molecule has 0 spiro atoms. The lowest BCUT2D eigenvalue weighted by Crippen LogP contribution is -1.88. The molecular formula is C14H10Cl2N4. The number of tetrazole rings is 1. The molecule has 6 heteroatoms. The van der Waals surface area contributed by atoms with Crippen LogP contribution in [0.2, 0.25) is 0 Å². The number of hydrogen-bond acceptors (Lipinski definition) is 3. The lowest BCUT2D eigenvalue weighted by atomic mass is 9.98. The van der Waals surface area contributed by atoms with E-state index in [1.54, 1.807) is 0 Å². The first-order valence-electron chi connectivity index (χ1n) is 5.97. The molecule has 0 radical (unpaired) electrons. The van der Waals surface area contributed by atoms with E-state index in [0.29, 0.717) is 5.82 Å². The van der Waals surface area contributed by atoms with E-state index in [4.69, 9.17) is 23.2 Å². The fourth-order valence-corrected chi connectivity index (χ4v) is 2.31. The van der Waals surface area contributed by atoms with Crippen molar-refractivity contribution in [1.29, 1.82) is 0 Å². The van der Waals surface area contributed by atoms with Crippen LogP contribution >= 0.6 is 23.2 Å². The summed E-state index contributed by atoms with van der Waals surface area (Å²) >= 11 is 11.7. The summed E-state index contributed by atoms with van der Waals surface area (Å²) in [6.45, 7) is 0. The summed E-state index contributed by atoms with van der Waals surface area (Å²) in [5.74, 6) is 0.636. The third-order valence-electron chi connectivity index (χ3n) is 3.00. The second-order valence-corrected chi connectivity index (χ2v) is 5.31. The monoisotopic (exact) mass is 304 g/mol. The lowest BCUT2D eigenvalue weighted by Gasteiger charge is -2.08. The van der Waals surface area contributed by atoms with E-state index >= 15 is 0 Å². The lowest BCUT2D eigenvalue weighted by molar-refractivity contribution is 0.881. The quantitative estimate of drug-likeness (QED) is 0.744. The molecule has 1 aromatic heterocycles. The van der Waals surface area contributed by atoms with Crippen LogP contribution in [-0.4, -0.2) is 20.6 Å². The van der Waals surface area contributed by atoms with Gasteiger partial charge in [0.15, 0.2) is 5.82 Å². The van der Waals surface area contributed by atoms with Gasteiger partial charge in [-0.3, -0.25) is 0 Å². The highest BCUT2D eigenvalue weighted by Crippen LogP contribution is 2.31. The molecule has 0 atom stereocenters. The number of nitrogens with zero attached hydrogens (tertiary/aromatic N) is 3. The van der Waals surface area contributed by atoms with Gasteiger partial charge in [0.25, 0.3) is 0 Å². The van der Waals surface area contributed by atoms with Crippen LogP contribution in [-0.2, 0) is 0 Å². The smallest absolute Gasteiger partial charge is 0.180 e. The van der Waals surface area contributed by atoms with Crippen molar-refractivity contribution in [2.45, 2.75) is 4.84 Å². The third-order valence-corrected chi connectivity index (χ3v) is 3.51. The zero-order valence-electron chi connectivity index (χ0n) is 10.3. The predicted octanol–water partition coefficient (Wildman–Crippen LogP) is 4.01. The minimum absolute atomic E-state index is 0.516. The van der Waals surface area contributed by atoms with Gasteiger partial charge in [-0.2, -0.15) is 0 Å². The Hall–Kier alpha value is -1.91. The van der Waals surface area contributed by atoms with Crippen LogP contribution < -0.4 is 0 Å². The number of nitrogens with one attached hydrogen (secondary N) is 1. The topological polar surface area (TPSA) is 54.5 Å². The average molecular weight is 305 g/mol. The second-order valence-electron chi connectivity index (χ2n) is 4.22. The van der Waals surface area contributed by atoms with E-state index < -0.39 is 4.84 Å². The van der Waals surface area contributed by atoms with Gasteiger partial charge in [0.1, 0.15) is 4.84 Å². The number of aromatic amines is 1. The number of benzene rings is 2. The number of hydrogen-bond donors (Lipinski definition) is 1. The fourth-order valence-electron chi connectivity index (χ4n) is 2.02. The molecule has 4 nitrogen and oxygen atoms in total. The van der Waals surface area contributed by atoms with Crippen molar-refractivity contribution in [2.75, 3.05) is 0 Å². The van der Waals surface area contributed by atoms with E-state index in [2.05, 4.69) is 20.6 Å². The first-order valence-corrected chi connectivity index (χ1v) is 6.84. The molecule has 0 bridgehead atoms. The molecule has 0 amide bonds. The van der Waals surface area contributed by atoms with E-state index in [9.17, 15) is 0 Å². The number of rotatable bonds is 3. The molecule has 0 aliphatic carbocycles.